The van der Waals surface area contributed by atoms with Gasteiger partial charge in [0, 0.05) is 24.7 Å². The van der Waals surface area contributed by atoms with Gasteiger partial charge in [-0.3, -0.25) is 10.1 Å². The van der Waals surface area contributed by atoms with Crippen LogP contribution in [0.2, 0.25) is 0 Å². The molecule has 0 aliphatic carbocycles. The van der Waals surface area contributed by atoms with Crippen LogP contribution >= 0.6 is 0 Å². The lowest BCUT2D eigenvalue weighted by Crippen LogP contribution is -2.12. The van der Waals surface area contributed by atoms with Crippen LogP contribution in [0.15, 0.2) is 42.5 Å². The zero-order valence-corrected chi connectivity index (χ0v) is 11.2. The molecule has 0 saturated carbocycles. The number of nitrogens with zero attached hydrogens (tertiary/aromatic N) is 1. The highest BCUT2D eigenvalue weighted by atomic mass is 16.6. The van der Waals surface area contributed by atoms with Crippen molar-refractivity contribution in [2.24, 2.45) is 0 Å². The second kappa shape index (κ2) is 6.16. The van der Waals surface area contributed by atoms with Gasteiger partial charge in [-0.15, -0.1) is 0 Å². The van der Waals surface area contributed by atoms with Crippen LogP contribution in [0.1, 0.15) is 16.7 Å². The van der Waals surface area contributed by atoms with Crippen molar-refractivity contribution in [1.29, 1.82) is 0 Å². The molecule has 0 fully saturated rings. The summed E-state index contributed by atoms with van der Waals surface area (Å²) in [7, 11) is 0. The number of nitro groups is 1. The summed E-state index contributed by atoms with van der Waals surface area (Å²) in [6.07, 6.45) is 0. The first-order valence-corrected chi connectivity index (χ1v) is 6.29. The van der Waals surface area contributed by atoms with Crippen molar-refractivity contribution in [2.75, 3.05) is 0 Å². The number of aryl methyl sites for hydroxylation is 1. The van der Waals surface area contributed by atoms with Crippen LogP contribution in [0.3, 0.4) is 0 Å². The lowest BCUT2D eigenvalue weighted by Gasteiger charge is -2.06. The molecule has 0 radical (unpaired) electrons. The first-order chi connectivity index (χ1) is 9.56. The van der Waals surface area contributed by atoms with E-state index >= 15 is 0 Å². The predicted octanol–water partition coefficient (Wildman–Crippen LogP) is 2.90. The van der Waals surface area contributed by atoms with E-state index in [-0.39, 0.29) is 16.4 Å². The van der Waals surface area contributed by atoms with E-state index in [4.69, 9.17) is 0 Å². The molecule has 0 aliphatic rings. The highest BCUT2D eigenvalue weighted by Crippen LogP contribution is 2.19. The monoisotopic (exact) mass is 272 g/mol. The van der Waals surface area contributed by atoms with Gasteiger partial charge in [-0.2, -0.15) is 0 Å². The number of aromatic hydroxyl groups is 1. The van der Waals surface area contributed by atoms with Crippen LogP contribution in [0, 0.1) is 17.0 Å². The van der Waals surface area contributed by atoms with E-state index in [0.29, 0.717) is 18.7 Å². The zero-order valence-electron chi connectivity index (χ0n) is 11.2. The molecule has 0 aromatic heterocycles. The van der Waals surface area contributed by atoms with Crippen LogP contribution in [0.4, 0.5) is 5.69 Å². The number of nitrogens with one attached hydrogen (secondary N) is 1. The summed E-state index contributed by atoms with van der Waals surface area (Å²) < 4.78 is 0. The standard InChI is InChI=1S/C15H16N2O3/c1-11-2-3-13(8-15(11)17(19)20)10-16-9-12-4-6-14(18)7-5-12/h2-8,16,18H,9-10H2,1H3. The van der Waals surface area contributed by atoms with Crippen molar-refractivity contribution in [2.45, 2.75) is 20.0 Å². The van der Waals surface area contributed by atoms with Gasteiger partial charge in [0.1, 0.15) is 5.75 Å². The Hall–Kier alpha value is -2.40. The summed E-state index contributed by atoms with van der Waals surface area (Å²) in [6.45, 7) is 2.93. The molecular formula is C15H16N2O3. The van der Waals surface area contributed by atoms with Crippen molar-refractivity contribution < 1.29 is 10.0 Å². The Morgan fingerprint density at radius 1 is 1.10 bits per heavy atom. The molecule has 20 heavy (non-hydrogen) atoms. The number of phenols is 1. The van der Waals surface area contributed by atoms with E-state index in [1.165, 1.54) is 0 Å². The number of nitro benzene ring substituents is 1. The van der Waals surface area contributed by atoms with Gasteiger partial charge in [-0.25, -0.2) is 0 Å². The van der Waals surface area contributed by atoms with Crippen LogP contribution < -0.4 is 5.32 Å². The zero-order chi connectivity index (χ0) is 14.5. The van der Waals surface area contributed by atoms with Gasteiger partial charge in [0.25, 0.3) is 5.69 Å². The molecule has 0 atom stereocenters. The highest BCUT2D eigenvalue weighted by Gasteiger charge is 2.10. The molecule has 0 heterocycles. The van der Waals surface area contributed by atoms with Gasteiger partial charge in [-0.1, -0.05) is 24.3 Å². The van der Waals surface area contributed by atoms with Crippen molar-refractivity contribution in [3.8, 4) is 5.75 Å². The number of hydrogen-bond acceptors (Lipinski definition) is 4. The van der Waals surface area contributed by atoms with Gasteiger partial charge in [0.15, 0.2) is 0 Å². The summed E-state index contributed by atoms with van der Waals surface area (Å²) in [4.78, 5) is 10.5. The first-order valence-electron chi connectivity index (χ1n) is 6.29. The van der Waals surface area contributed by atoms with E-state index in [2.05, 4.69) is 5.32 Å². The van der Waals surface area contributed by atoms with E-state index in [1.807, 2.05) is 18.2 Å². The van der Waals surface area contributed by atoms with E-state index in [0.717, 1.165) is 11.1 Å². The Morgan fingerprint density at radius 2 is 1.70 bits per heavy atom. The Labute approximate surface area is 117 Å². The topological polar surface area (TPSA) is 75.4 Å². The molecule has 2 aromatic carbocycles. The molecular weight excluding hydrogens is 256 g/mol. The fraction of sp³-hybridized carbons (Fsp3) is 0.200. The van der Waals surface area contributed by atoms with Crippen molar-refractivity contribution >= 4 is 5.69 Å². The third kappa shape index (κ3) is 3.55. The molecule has 2 rings (SSSR count). The Kier molecular flexibility index (Phi) is 4.32. The maximum absolute atomic E-state index is 10.9. The second-order valence-electron chi connectivity index (χ2n) is 4.65. The molecule has 2 N–H and O–H groups in total. The molecule has 104 valence electrons. The normalized spacial score (nSPS) is 10.4. The van der Waals surface area contributed by atoms with Gasteiger partial charge in [0.05, 0.1) is 4.92 Å². The summed E-state index contributed by atoms with van der Waals surface area (Å²) in [5.41, 5.74) is 2.73. The molecule has 0 aliphatic heterocycles. The number of benzene rings is 2. The Morgan fingerprint density at radius 3 is 2.35 bits per heavy atom. The molecule has 0 unspecified atom stereocenters. The lowest BCUT2D eigenvalue weighted by molar-refractivity contribution is -0.385. The van der Waals surface area contributed by atoms with Crippen LogP contribution in [-0.4, -0.2) is 10.0 Å². The minimum Gasteiger partial charge on any atom is -0.508 e. The van der Waals surface area contributed by atoms with Crippen molar-refractivity contribution in [3.05, 3.63) is 69.3 Å². The summed E-state index contributed by atoms with van der Waals surface area (Å²) in [5.74, 6) is 0.239. The number of phenolic OH excluding ortho intramolecular Hbond substituents is 1. The average Bonchev–Trinajstić information content (AvgIpc) is 2.42. The van der Waals surface area contributed by atoms with Gasteiger partial charge in [-0.05, 0) is 30.2 Å². The minimum atomic E-state index is -0.362. The van der Waals surface area contributed by atoms with Crippen molar-refractivity contribution in [3.63, 3.8) is 0 Å². The fourth-order valence-corrected chi connectivity index (χ4v) is 1.93. The van der Waals surface area contributed by atoms with Gasteiger partial charge < -0.3 is 10.4 Å². The first kappa shape index (κ1) is 14.0. The Bertz CT molecular complexity index is 609. The third-order valence-corrected chi connectivity index (χ3v) is 3.06. The summed E-state index contributed by atoms with van der Waals surface area (Å²) in [6, 6.07) is 12.2. The maximum atomic E-state index is 10.9. The molecule has 0 bridgehead atoms. The molecule has 2 aromatic rings. The number of hydrogen-bond donors (Lipinski definition) is 2. The maximum Gasteiger partial charge on any atom is 0.272 e. The third-order valence-electron chi connectivity index (χ3n) is 3.06. The largest absolute Gasteiger partial charge is 0.508 e. The predicted molar refractivity (Wildman–Crippen MR) is 76.5 cm³/mol. The molecule has 0 spiro atoms. The minimum absolute atomic E-state index is 0.147. The van der Waals surface area contributed by atoms with Crippen LogP contribution in [0.5, 0.6) is 5.75 Å². The van der Waals surface area contributed by atoms with Crippen molar-refractivity contribution in [1.82, 2.24) is 5.32 Å². The molecule has 5 nitrogen and oxygen atoms in total. The van der Waals surface area contributed by atoms with Crippen LogP contribution in [0.25, 0.3) is 0 Å². The summed E-state index contributed by atoms with van der Waals surface area (Å²) in [5, 5.41) is 23.3. The summed E-state index contributed by atoms with van der Waals surface area (Å²) >= 11 is 0. The lowest BCUT2D eigenvalue weighted by atomic mass is 10.1. The van der Waals surface area contributed by atoms with Crippen LogP contribution in [-0.2, 0) is 13.1 Å². The van der Waals surface area contributed by atoms with E-state index < -0.39 is 0 Å². The van der Waals surface area contributed by atoms with E-state index in [9.17, 15) is 15.2 Å². The number of rotatable bonds is 5. The van der Waals surface area contributed by atoms with Gasteiger partial charge in [0.2, 0.25) is 0 Å². The quantitative estimate of drug-likeness (QED) is 0.648. The fourth-order valence-electron chi connectivity index (χ4n) is 1.93. The van der Waals surface area contributed by atoms with E-state index in [1.54, 1.807) is 31.2 Å². The molecule has 0 amide bonds. The smallest absolute Gasteiger partial charge is 0.272 e. The SMILES string of the molecule is Cc1ccc(CNCc2ccc(O)cc2)cc1[N+](=O)[O-]. The Balaban J connectivity index is 1.96. The second-order valence-corrected chi connectivity index (χ2v) is 4.65. The van der Waals surface area contributed by atoms with Gasteiger partial charge >= 0.3 is 0 Å². The average molecular weight is 272 g/mol. The highest BCUT2D eigenvalue weighted by molar-refractivity contribution is 5.42. The molecule has 0 saturated heterocycles. The molecule has 5 heteroatoms.